The molecule has 0 aliphatic carbocycles. The molecule has 1 aromatic carbocycles. The van der Waals surface area contributed by atoms with Gasteiger partial charge in [0.15, 0.2) is 0 Å². The Bertz CT molecular complexity index is 341. The molecule has 1 rings (SSSR count). The van der Waals surface area contributed by atoms with Crippen LogP contribution in [0.4, 0.5) is 0 Å². The standard InChI is InChI=1S/C17H30N2/c1-14(2)12-19(15(3)4)13-17-8-6-16(7-9-17)10-11-18-5/h6-9,14-15,18H,10-13H2,1-5H3. The second-order valence-corrected chi connectivity index (χ2v) is 6.09. The van der Waals surface area contributed by atoms with Crippen LogP contribution in [0.5, 0.6) is 0 Å². The van der Waals surface area contributed by atoms with Crippen molar-refractivity contribution >= 4 is 0 Å². The normalized spacial score (nSPS) is 11.8. The van der Waals surface area contributed by atoms with E-state index in [1.165, 1.54) is 17.7 Å². The molecule has 0 fully saturated rings. The van der Waals surface area contributed by atoms with Crippen LogP contribution in [0.1, 0.15) is 38.8 Å². The van der Waals surface area contributed by atoms with Crippen LogP contribution in [0.2, 0.25) is 0 Å². The van der Waals surface area contributed by atoms with Crippen LogP contribution in [0.15, 0.2) is 24.3 Å². The average molecular weight is 262 g/mol. The van der Waals surface area contributed by atoms with Crippen LogP contribution >= 0.6 is 0 Å². The molecule has 0 aliphatic heterocycles. The SMILES string of the molecule is CNCCc1ccc(CN(CC(C)C)C(C)C)cc1. The van der Waals surface area contributed by atoms with E-state index in [1.807, 2.05) is 7.05 Å². The lowest BCUT2D eigenvalue weighted by molar-refractivity contribution is 0.189. The minimum atomic E-state index is 0.603. The summed E-state index contributed by atoms with van der Waals surface area (Å²) in [5.74, 6) is 0.720. The molecule has 19 heavy (non-hydrogen) atoms. The van der Waals surface area contributed by atoms with Gasteiger partial charge in [0.25, 0.3) is 0 Å². The molecule has 0 radical (unpaired) electrons. The van der Waals surface area contributed by atoms with Gasteiger partial charge in [0.1, 0.15) is 0 Å². The molecule has 108 valence electrons. The third-order valence-electron chi connectivity index (χ3n) is 3.40. The van der Waals surface area contributed by atoms with Gasteiger partial charge in [0, 0.05) is 19.1 Å². The smallest absolute Gasteiger partial charge is 0.0236 e. The third-order valence-corrected chi connectivity index (χ3v) is 3.40. The quantitative estimate of drug-likeness (QED) is 0.773. The van der Waals surface area contributed by atoms with E-state index in [2.05, 4.69) is 62.2 Å². The molecule has 0 aliphatic rings. The van der Waals surface area contributed by atoms with Crippen molar-refractivity contribution in [3.05, 3.63) is 35.4 Å². The molecule has 0 aromatic heterocycles. The van der Waals surface area contributed by atoms with Gasteiger partial charge >= 0.3 is 0 Å². The zero-order valence-electron chi connectivity index (χ0n) is 13.2. The van der Waals surface area contributed by atoms with Gasteiger partial charge < -0.3 is 5.32 Å². The summed E-state index contributed by atoms with van der Waals surface area (Å²) in [4.78, 5) is 2.55. The molecule has 0 bridgehead atoms. The highest BCUT2D eigenvalue weighted by Crippen LogP contribution is 2.12. The first kappa shape index (κ1) is 16.2. The van der Waals surface area contributed by atoms with Crippen molar-refractivity contribution in [2.24, 2.45) is 5.92 Å². The maximum absolute atomic E-state index is 3.19. The van der Waals surface area contributed by atoms with E-state index in [0.717, 1.165) is 25.4 Å². The average Bonchev–Trinajstić information content (AvgIpc) is 2.36. The molecule has 0 saturated carbocycles. The Morgan fingerprint density at radius 3 is 2.05 bits per heavy atom. The van der Waals surface area contributed by atoms with E-state index in [1.54, 1.807) is 0 Å². The van der Waals surface area contributed by atoms with Crippen molar-refractivity contribution in [1.82, 2.24) is 10.2 Å². The fraction of sp³-hybridized carbons (Fsp3) is 0.647. The van der Waals surface area contributed by atoms with E-state index in [0.29, 0.717) is 6.04 Å². The van der Waals surface area contributed by atoms with Crippen molar-refractivity contribution in [3.63, 3.8) is 0 Å². The molecular weight excluding hydrogens is 232 g/mol. The number of rotatable bonds is 8. The summed E-state index contributed by atoms with van der Waals surface area (Å²) in [6, 6.07) is 9.69. The molecular formula is C17H30N2. The van der Waals surface area contributed by atoms with Crippen LogP contribution in [0, 0.1) is 5.92 Å². The fourth-order valence-corrected chi connectivity index (χ4v) is 2.24. The number of nitrogens with one attached hydrogen (secondary N) is 1. The van der Waals surface area contributed by atoms with Crippen LogP contribution in [-0.4, -0.2) is 31.1 Å². The van der Waals surface area contributed by atoms with Crippen LogP contribution in [0.25, 0.3) is 0 Å². The van der Waals surface area contributed by atoms with Gasteiger partial charge in [-0.05, 0) is 50.9 Å². The Balaban J connectivity index is 2.59. The number of nitrogens with zero attached hydrogens (tertiary/aromatic N) is 1. The summed E-state index contributed by atoms with van der Waals surface area (Å²) in [6.07, 6.45) is 1.11. The fourth-order valence-electron chi connectivity index (χ4n) is 2.24. The summed E-state index contributed by atoms with van der Waals surface area (Å²) in [7, 11) is 2.00. The zero-order valence-corrected chi connectivity index (χ0v) is 13.2. The maximum Gasteiger partial charge on any atom is 0.0236 e. The van der Waals surface area contributed by atoms with Crippen molar-refractivity contribution in [2.45, 2.75) is 46.7 Å². The molecule has 1 aromatic rings. The molecule has 0 atom stereocenters. The monoisotopic (exact) mass is 262 g/mol. The maximum atomic E-state index is 3.19. The largest absolute Gasteiger partial charge is 0.319 e. The lowest BCUT2D eigenvalue weighted by Crippen LogP contribution is -2.33. The topological polar surface area (TPSA) is 15.3 Å². The van der Waals surface area contributed by atoms with Gasteiger partial charge in [-0.1, -0.05) is 38.1 Å². The van der Waals surface area contributed by atoms with Crippen LogP contribution in [0.3, 0.4) is 0 Å². The number of hydrogen-bond acceptors (Lipinski definition) is 2. The van der Waals surface area contributed by atoms with E-state index in [9.17, 15) is 0 Å². The van der Waals surface area contributed by atoms with Gasteiger partial charge in [0.2, 0.25) is 0 Å². The minimum Gasteiger partial charge on any atom is -0.319 e. The first-order valence-electron chi connectivity index (χ1n) is 7.49. The first-order chi connectivity index (χ1) is 9.02. The van der Waals surface area contributed by atoms with Crippen LogP contribution in [-0.2, 0) is 13.0 Å². The first-order valence-corrected chi connectivity index (χ1v) is 7.49. The van der Waals surface area contributed by atoms with Crippen molar-refractivity contribution < 1.29 is 0 Å². The van der Waals surface area contributed by atoms with E-state index in [-0.39, 0.29) is 0 Å². The van der Waals surface area contributed by atoms with Gasteiger partial charge in [-0.3, -0.25) is 4.90 Å². The molecule has 2 nitrogen and oxygen atoms in total. The Morgan fingerprint density at radius 1 is 1.00 bits per heavy atom. The molecule has 1 N–H and O–H groups in total. The van der Waals surface area contributed by atoms with Gasteiger partial charge in [-0.15, -0.1) is 0 Å². The Hall–Kier alpha value is -0.860. The summed E-state index contributed by atoms with van der Waals surface area (Å²) >= 11 is 0. The second kappa shape index (κ2) is 8.34. The number of benzene rings is 1. The Morgan fingerprint density at radius 2 is 1.58 bits per heavy atom. The highest BCUT2D eigenvalue weighted by atomic mass is 15.1. The number of likely N-dealkylation sites (N-methyl/N-ethyl adjacent to an activating group) is 1. The van der Waals surface area contributed by atoms with E-state index >= 15 is 0 Å². The minimum absolute atomic E-state index is 0.603. The zero-order chi connectivity index (χ0) is 14.3. The molecule has 0 amide bonds. The Kier molecular flexibility index (Phi) is 7.11. The van der Waals surface area contributed by atoms with Gasteiger partial charge in [0.05, 0.1) is 0 Å². The van der Waals surface area contributed by atoms with Crippen molar-refractivity contribution in [2.75, 3.05) is 20.1 Å². The molecule has 2 heteroatoms. The highest BCUT2D eigenvalue weighted by molar-refractivity contribution is 5.22. The molecule has 0 spiro atoms. The van der Waals surface area contributed by atoms with Crippen molar-refractivity contribution in [1.29, 1.82) is 0 Å². The summed E-state index contributed by atoms with van der Waals surface area (Å²) in [5.41, 5.74) is 2.83. The van der Waals surface area contributed by atoms with E-state index in [4.69, 9.17) is 0 Å². The molecule has 0 unspecified atom stereocenters. The van der Waals surface area contributed by atoms with Crippen molar-refractivity contribution in [3.8, 4) is 0 Å². The predicted molar refractivity (Wildman–Crippen MR) is 84.5 cm³/mol. The summed E-state index contributed by atoms with van der Waals surface area (Å²) < 4.78 is 0. The summed E-state index contributed by atoms with van der Waals surface area (Å²) in [5, 5.41) is 3.19. The Labute approximate surface area is 119 Å². The molecule has 0 saturated heterocycles. The number of hydrogen-bond donors (Lipinski definition) is 1. The third kappa shape index (κ3) is 6.22. The lowest BCUT2D eigenvalue weighted by atomic mass is 10.1. The van der Waals surface area contributed by atoms with Gasteiger partial charge in [-0.25, -0.2) is 0 Å². The van der Waals surface area contributed by atoms with Gasteiger partial charge in [-0.2, -0.15) is 0 Å². The highest BCUT2D eigenvalue weighted by Gasteiger charge is 2.11. The molecule has 0 heterocycles. The lowest BCUT2D eigenvalue weighted by Gasteiger charge is -2.28. The van der Waals surface area contributed by atoms with Crippen LogP contribution < -0.4 is 5.32 Å². The predicted octanol–water partition coefficient (Wildman–Crippen LogP) is 3.31. The summed E-state index contributed by atoms with van der Waals surface area (Å²) in [6.45, 7) is 12.4. The second-order valence-electron chi connectivity index (χ2n) is 6.09. The van der Waals surface area contributed by atoms with E-state index < -0.39 is 0 Å².